The van der Waals surface area contributed by atoms with Crippen LogP contribution in [0.2, 0.25) is 0 Å². The van der Waals surface area contributed by atoms with Crippen LogP contribution in [0.3, 0.4) is 0 Å². The van der Waals surface area contributed by atoms with E-state index < -0.39 is 5.60 Å². The van der Waals surface area contributed by atoms with E-state index in [1.807, 2.05) is 54.6 Å². The largest absolute Gasteiger partial charge is 0.482 e. The van der Waals surface area contributed by atoms with Crippen molar-refractivity contribution < 1.29 is 4.74 Å². The number of hydrogen-bond acceptors (Lipinski definition) is 4. The molecule has 0 spiro atoms. The van der Waals surface area contributed by atoms with Crippen LogP contribution in [0.5, 0.6) is 5.75 Å². The third-order valence-electron chi connectivity index (χ3n) is 8.78. The van der Waals surface area contributed by atoms with Gasteiger partial charge in [-0.25, -0.2) is 19.8 Å². The predicted octanol–water partition coefficient (Wildman–Crippen LogP) is 11.1. The molecule has 2 heterocycles. The molecule has 0 saturated heterocycles. The van der Waals surface area contributed by atoms with Gasteiger partial charge in [0.15, 0.2) is 23.2 Å². The minimum absolute atomic E-state index is 0.416. The SMILES string of the molecule is [C-]#[N+]c1ccc(-c2nc(-c3ccccc3)nc(-c3cccc(-c4cccc(-c5ccc6c(c5)OC(C)(C)c5ccccc5-6)c4)c3)n2)cc1. The Morgan fingerprint density at radius 2 is 0.979 bits per heavy atom. The molecule has 5 heteroatoms. The van der Waals surface area contributed by atoms with Gasteiger partial charge < -0.3 is 4.74 Å². The zero-order chi connectivity index (χ0) is 32.7. The van der Waals surface area contributed by atoms with Crippen LogP contribution in [0, 0.1) is 6.57 Å². The van der Waals surface area contributed by atoms with E-state index in [1.165, 1.54) is 11.1 Å². The summed E-state index contributed by atoms with van der Waals surface area (Å²) in [4.78, 5) is 18.2. The predicted molar refractivity (Wildman–Crippen MR) is 192 cm³/mol. The highest BCUT2D eigenvalue weighted by molar-refractivity contribution is 5.82. The number of fused-ring (bicyclic) bond motifs is 3. The molecule has 0 bridgehead atoms. The molecule has 0 amide bonds. The molecular weight excluding hydrogens is 589 g/mol. The molecule has 0 atom stereocenters. The minimum Gasteiger partial charge on any atom is -0.482 e. The van der Waals surface area contributed by atoms with E-state index in [-0.39, 0.29) is 0 Å². The number of benzene rings is 6. The van der Waals surface area contributed by atoms with E-state index in [0.29, 0.717) is 23.2 Å². The van der Waals surface area contributed by atoms with E-state index in [1.54, 1.807) is 12.1 Å². The molecule has 48 heavy (non-hydrogen) atoms. The second-order valence-corrected chi connectivity index (χ2v) is 12.4. The first-order valence-corrected chi connectivity index (χ1v) is 15.9. The van der Waals surface area contributed by atoms with Crippen molar-refractivity contribution in [3.63, 3.8) is 0 Å². The van der Waals surface area contributed by atoms with Crippen LogP contribution in [0.25, 0.3) is 72.4 Å². The first kappa shape index (κ1) is 29.1. The Morgan fingerprint density at radius 3 is 1.65 bits per heavy atom. The Hall–Kier alpha value is -6.38. The average Bonchev–Trinajstić information content (AvgIpc) is 3.15. The quantitative estimate of drug-likeness (QED) is 0.180. The molecule has 0 radical (unpaired) electrons. The van der Waals surface area contributed by atoms with Gasteiger partial charge in [-0.3, -0.25) is 0 Å². The Kier molecular flexibility index (Phi) is 7.12. The molecule has 0 saturated carbocycles. The fourth-order valence-corrected chi connectivity index (χ4v) is 6.33. The van der Waals surface area contributed by atoms with E-state index in [0.717, 1.165) is 50.3 Å². The molecule has 0 N–H and O–H groups in total. The highest BCUT2D eigenvalue weighted by Crippen LogP contribution is 2.46. The molecule has 6 aromatic carbocycles. The number of rotatable bonds is 5. The van der Waals surface area contributed by atoms with Crippen LogP contribution in [-0.2, 0) is 5.60 Å². The van der Waals surface area contributed by atoms with Gasteiger partial charge >= 0.3 is 0 Å². The van der Waals surface area contributed by atoms with E-state index in [2.05, 4.69) is 97.6 Å². The summed E-state index contributed by atoms with van der Waals surface area (Å²) in [6.07, 6.45) is 0. The third-order valence-corrected chi connectivity index (χ3v) is 8.78. The molecule has 0 unspecified atom stereocenters. The maximum atomic E-state index is 7.32. The molecule has 1 aromatic heterocycles. The molecule has 1 aliphatic heterocycles. The summed E-state index contributed by atoms with van der Waals surface area (Å²) in [5.74, 6) is 2.63. The monoisotopic (exact) mass is 618 g/mol. The standard InChI is InChI=1S/C43H30N4O/c1-43(2)38-18-8-7-17-36(38)37-24-21-33(27-39(37)48-43)31-14-9-13-30(25-31)32-15-10-16-34(26-32)42-46-40(28-11-5-4-6-12-28)45-41(47-42)29-19-22-35(44-3)23-20-29/h4-27H,1-2H3. The first-order valence-electron chi connectivity index (χ1n) is 15.9. The van der Waals surface area contributed by atoms with Crippen molar-refractivity contribution in [2.45, 2.75) is 19.4 Å². The summed E-state index contributed by atoms with van der Waals surface area (Å²) in [5.41, 5.74) is 10.7. The fourth-order valence-electron chi connectivity index (χ4n) is 6.33. The molecule has 1 aliphatic rings. The fraction of sp³-hybridized carbons (Fsp3) is 0.0698. The zero-order valence-electron chi connectivity index (χ0n) is 26.6. The lowest BCUT2D eigenvalue weighted by atomic mass is 9.85. The second kappa shape index (κ2) is 11.8. The Morgan fingerprint density at radius 1 is 0.479 bits per heavy atom. The zero-order valence-corrected chi connectivity index (χ0v) is 26.6. The van der Waals surface area contributed by atoms with Crippen molar-refractivity contribution in [2.75, 3.05) is 0 Å². The van der Waals surface area contributed by atoms with Crippen molar-refractivity contribution in [2.24, 2.45) is 0 Å². The lowest BCUT2D eigenvalue weighted by molar-refractivity contribution is 0.106. The molecule has 228 valence electrons. The molecule has 7 aromatic rings. The Balaban J connectivity index is 1.17. The van der Waals surface area contributed by atoms with Crippen LogP contribution >= 0.6 is 0 Å². The Bertz CT molecular complexity index is 2360. The van der Waals surface area contributed by atoms with Gasteiger partial charge in [-0.2, -0.15) is 0 Å². The molecule has 5 nitrogen and oxygen atoms in total. The summed E-state index contributed by atoms with van der Waals surface area (Å²) in [5, 5.41) is 0. The van der Waals surface area contributed by atoms with E-state index in [4.69, 9.17) is 26.3 Å². The smallest absolute Gasteiger partial charge is 0.187 e. The molecule has 0 aliphatic carbocycles. The molecule has 0 fully saturated rings. The van der Waals surface area contributed by atoms with Crippen molar-refractivity contribution in [3.8, 4) is 73.3 Å². The number of nitrogens with zero attached hydrogens (tertiary/aromatic N) is 4. The van der Waals surface area contributed by atoms with Crippen molar-refractivity contribution in [3.05, 3.63) is 163 Å². The Labute approximate surface area is 280 Å². The molecular formula is C43H30N4O. The van der Waals surface area contributed by atoms with Crippen LogP contribution in [0.15, 0.2) is 146 Å². The summed E-state index contributed by atoms with van der Waals surface area (Å²) in [6, 6.07) is 49.2. The summed E-state index contributed by atoms with van der Waals surface area (Å²) in [6.45, 7) is 11.6. The van der Waals surface area contributed by atoms with Gasteiger partial charge in [0.25, 0.3) is 0 Å². The highest BCUT2D eigenvalue weighted by Gasteiger charge is 2.32. The van der Waals surface area contributed by atoms with Crippen molar-refractivity contribution in [1.29, 1.82) is 0 Å². The summed E-state index contributed by atoms with van der Waals surface area (Å²) >= 11 is 0. The van der Waals surface area contributed by atoms with Gasteiger partial charge in [0.2, 0.25) is 0 Å². The summed E-state index contributed by atoms with van der Waals surface area (Å²) in [7, 11) is 0. The number of aromatic nitrogens is 3. The maximum absolute atomic E-state index is 7.32. The van der Waals surface area contributed by atoms with Gasteiger partial charge in [-0.05, 0) is 59.9 Å². The van der Waals surface area contributed by atoms with Gasteiger partial charge in [0, 0.05) is 27.8 Å². The van der Waals surface area contributed by atoms with Gasteiger partial charge in [0.1, 0.15) is 11.4 Å². The normalized spacial score (nSPS) is 12.7. The van der Waals surface area contributed by atoms with Gasteiger partial charge in [-0.1, -0.05) is 127 Å². The molecule has 8 rings (SSSR count). The third kappa shape index (κ3) is 5.40. The highest BCUT2D eigenvalue weighted by atomic mass is 16.5. The van der Waals surface area contributed by atoms with Gasteiger partial charge in [-0.15, -0.1) is 0 Å². The van der Waals surface area contributed by atoms with Crippen molar-refractivity contribution in [1.82, 2.24) is 15.0 Å². The first-order chi connectivity index (χ1) is 23.4. The lowest BCUT2D eigenvalue weighted by Gasteiger charge is -2.35. The maximum Gasteiger partial charge on any atom is 0.187 e. The van der Waals surface area contributed by atoms with Crippen molar-refractivity contribution >= 4 is 5.69 Å². The van der Waals surface area contributed by atoms with Crippen LogP contribution in [0.1, 0.15) is 19.4 Å². The van der Waals surface area contributed by atoms with Crippen LogP contribution in [-0.4, -0.2) is 15.0 Å². The second-order valence-electron chi connectivity index (χ2n) is 12.4. The average molecular weight is 619 g/mol. The minimum atomic E-state index is -0.416. The lowest BCUT2D eigenvalue weighted by Crippen LogP contribution is -2.29. The van der Waals surface area contributed by atoms with Crippen LogP contribution < -0.4 is 4.74 Å². The number of ether oxygens (including phenoxy) is 1. The summed E-state index contributed by atoms with van der Waals surface area (Å²) < 4.78 is 6.55. The van der Waals surface area contributed by atoms with E-state index in [9.17, 15) is 0 Å². The number of hydrogen-bond donors (Lipinski definition) is 0. The topological polar surface area (TPSA) is 52.3 Å². The van der Waals surface area contributed by atoms with E-state index >= 15 is 0 Å². The van der Waals surface area contributed by atoms with Crippen LogP contribution in [0.4, 0.5) is 5.69 Å². The van der Waals surface area contributed by atoms with Gasteiger partial charge in [0.05, 0.1) is 6.57 Å².